The van der Waals surface area contributed by atoms with Crippen molar-refractivity contribution in [2.75, 3.05) is 20.1 Å². The molecule has 0 heterocycles. The molecule has 0 fully saturated rings. The van der Waals surface area contributed by atoms with Gasteiger partial charge in [0.15, 0.2) is 0 Å². The normalized spacial score (nSPS) is 11.6. The van der Waals surface area contributed by atoms with Crippen LogP contribution in [0.1, 0.15) is 18.1 Å². The maximum Gasteiger partial charge on any atom is 0.124 e. The van der Waals surface area contributed by atoms with E-state index in [9.17, 15) is 4.39 Å². The van der Waals surface area contributed by atoms with Crippen LogP contribution < -0.4 is 5.73 Å². The molecule has 100 valence electrons. The molecular formula is C15H18FN3. The third-order valence-corrected chi connectivity index (χ3v) is 2.64. The molecule has 2 N–H and O–H groups in total. The Morgan fingerprint density at radius 1 is 1.47 bits per heavy atom. The standard InChI is InChI=1S/C15H18FN3/c1-12(9-18)10-19(2)11-14-5-6-15(16)8-13(14)4-3-7-17/h5-6,8,12H,7,10-11,17H2,1-2H3. The maximum absolute atomic E-state index is 13.2. The highest BCUT2D eigenvalue weighted by molar-refractivity contribution is 5.41. The molecule has 0 spiro atoms. The predicted octanol–water partition coefficient (Wildman–Crippen LogP) is 1.73. The number of hydrogen-bond acceptors (Lipinski definition) is 3. The minimum absolute atomic E-state index is 0.0379. The molecule has 1 atom stereocenters. The summed E-state index contributed by atoms with van der Waals surface area (Å²) < 4.78 is 13.2. The summed E-state index contributed by atoms with van der Waals surface area (Å²) in [5, 5.41) is 8.79. The molecule has 0 saturated carbocycles. The van der Waals surface area contributed by atoms with Crippen LogP contribution >= 0.6 is 0 Å². The lowest BCUT2D eigenvalue weighted by Crippen LogP contribution is -2.23. The predicted molar refractivity (Wildman–Crippen MR) is 73.4 cm³/mol. The van der Waals surface area contributed by atoms with E-state index in [0.29, 0.717) is 18.7 Å². The molecule has 0 aliphatic rings. The molecular weight excluding hydrogens is 241 g/mol. The topological polar surface area (TPSA) is 53.0 Å². The van der Waals surface area contributed by atoms with Crippen molar-refractivity contribution in [3.8, 4) is 17.9 Å². The Labute approximate surface area is 113 Å². The molecule has 1 rings (SSSR count). The zero-order valence-corrected chi connectivity index (χ0v) is 11.3. The van der Waals surface area contributed by atoms with Crippen LogP contribution in [-0.4, -0.2) is 25.0 Å². The van der Waals surface area contributed by atoms with Gasteiger partial charge in [-0.1, -0.05) is 17.9 Å². The van der Waals surface area contributed by atoms with Gasteiger partial charge in [-0.25, -0.2) is 4.39 Å². The molecule has 0 saturated heterocycles. The Hall–Kier alpha value is -1.88. The second kappa shape index (κ2) is 7.53. The van der Waals surface area contributed by atoms with E-state index in [-0.39, 0.29) is 18.3 Å². The molecule has 1 aromatic carbocycles. The highest BCUT2D eigenvalue weighted by Crippen LogP contribution is 2.13. The van der Waals surface area contributed by atoms with Crippen LogP contribution in [0.25, 0.3) is 0 Å². The van der Waals surface area contributed by atoms with Crippen molar-refractivity contribution in [1.82, 2.24) is 4.90 Å². The van der Waals surface area contributed by atoms with Gasteiger partial charge in [0.1, 0.15) is 5.82 Å². The Kier molecular flexibility index (Phi) is 6.02. The number of hydrogen-bond donors (Lipinski definition) is 1. The molecule has 3 nitrogen and oxygen atoms in total. The first kappa shape index (κ1) is 15.2. The van der Waals surface area contributed by atoms with Gasteiger partial charge >= 0.3 is 0 Å². The van der Waals surface area contributed by atoms with Crippen LogP contribution in [-0.2, 0) is 6.54 Å². The van der Waals surface area contributed by atoms with E-state index in [2.05, 4.69) is 17.9 Å². The lowest BCUT2D eigenvalue weighted by Gasteiger charge is -2.18. The first-order valence-corrected chi connectivity index (χ1v) is 6.12. The van der Waals surface area contributed by atoms with Gasteiger partial charge in [0.2, 0.25) is 0 Å². The van der Waals surface area contributed by atoms with Crippen molar-refractivity contribution in [2.24, 2.45) is 11.7 Å². The van der Waals surface area contributed by atoms with Gasteiger partial charge in [-0.3, -0.25) is 0 Å². The van der Waals surface area contributed by atoms with Gasteiger partial charge in [-0.05, 0) is 31.7 Å². The van der Waals surface area contributed by atoms with E-state index < -0.39 is 0 Å². The monoisotopic (exact) mass is 259 g/mol. The summed E-state index contributed by atoms with van der Waals surface area (Å²) in [7, 11) is 1.93. The zero-order valence-electron chi connectivity index (χ0n) is 11.3. The number of benzene rings is 1. The van der Waals surface area contributed by atoms with Crippen LogP contribution in [0.3, 0.4) is 0 Å². The number of nitrogens with two attached hydrogens (primary N) is 1. The molecule has 0 aliphatic carbocycles. The zero-order chi connectivity index (χ0) is 14.3. The molecule has 0 radical (unpaired) electrons. The van der Waals surface area contributed by atoms with Gasteiger partial charge in [-0.15, -0.1) is 0 Å². The summed E-state index contributed by atoms with van der Waals surface area (Å²) >= 11 is 0. The molecule has 1 unspecified atom stereocenters. The smallest absolute Gasteiger partial charge is 0.124 e. The van der Waals surface area contributed by atoms with Gasteiger partial charge < -0.3 is 10.6 Å². The fourth-order valence-electron chi connectivity index (χ4n) is 1.81. The van der Waals surface area contributed by atoms with Crippen LogP contribution in [0.15, 0.2) is 18.2 Å². The third kappa shape index (κ3) is 5.09. The van der Waals surface area contributed by atoms with Crippen LogP contribution in [0.4, 0.5) is 4.39 Å². The summed E-state index contributed by atoms with van der Waals surface area (Å²) in [5.74, 6) is 5.27. The lowest BCUT2D eigenvalue weighted by molar-refractivity contribution is 0.303. The van der Waals surface area contributed by atoms with Crippen molar-refractivity contribution in [3.05, 3.63) is 35.1 Å². The average molecular weight is 259 g/mol. The van der Waals surface area contributed by atoms with Crippen molar-refractivity contribution >= 4 is 0 Å². The van der Waals surface area contributed by atoms with E-state index in [0.717, 1.165) is 5.56 Å². The molecule has 0 aromatic heterocycles. The van der Waals surface area contributed by atoms with E-state index in [4.69, 9.17) is 11.0 Å². The fourth-order valence-corrected chi connectivity index (χ4v) is 1.81. The lowest BCUT2D eigenvalue weighted by atomic mass is 10.1. The Bertz CT molecular complexity index is 522. The maximum atomic E-state index is 13.2. The first-order valence-electron chi connectivity index (χ1n) is 6.12. The van der Waals surface area contributed by atoms with Crippen molar-refractivity contribution in [3.63, 3.8) is 0 Å². The molecule has 4 heteroatoms. The van der Waals surface area contributed by atoms with E-state index >= 15 is 0 Å². The van der Waals surface area contributed by atoms with Crippen LogP contribution in [0.2, 0.25) is 0 Å². The van der Waals surface area contributed by atoms with Gasteiger partial charge in [-0.2, -0.15) is 5.26 Å². The highest BCUT2D eigenvalue weighted by Gasteiger charge is 2.08. The summed E-state index contributed by atoms with van der Waals surface area (Å²) in [5.41, 5.74) is 6.93. The van der Waals surface area contributed by atoms with Gasteiger partial charge in [0, 0.05) is 18.7 Å². The first-order chi connectivity index (χ1) is 9.06. The second-order valence-electron chi connectivity index (χ2n) is 4.53. The quantitative estimate of drug-likeness (QED) is 0.838. The summed E-state index contributed by atoms with van der Waals surface area (Å²) in [6.07, 6.45) is 0. The highest BCUT2D eigenvalue weighted by atomic mass is 19.1. The Morgan fingerprint density at radius 3 is 2.84 bits per heavy atom. The summed E-state index contributed by atoms with van der Waals surface area (Å²) in [6, 6.07) is 6.76. The van der Waals surface area contributed by atoms with Crippen molar-refractivity contribution < 1.29 is 4.39 Å². The molecule has 19 heavy (non-hydrogen) atoms. The summed E-state index contributed by atoms with van der Waals surface area (Å²) in [4.78, 5) is 2.02. The summed E-state index contributed by atoms with van der Waals surface area (Å²) in [6.45, 7) is 3.41. The number of rotatable bonds is 4. The molecule has 1 aromatic rings. The average Bonchev–Trinajstić information content (AvgIpc) is 2.38. The van der Waals surface area contributed by atoms with Gasteiger partial charge in [0.25, 0.3) is 0 Å². The van der Waals surface area contributed by atoms with Crippen molar-refractivity contribution in [1.29, 1.82) is 5.26 Å². The third-order valence-electron chi connectivity index (χ3n) is 2.64. The molecule has 0 amide bonds. The minimum atomic E-state index is -0.307. The Balaban J connectivity index is 2.85. The van der Waals surface area contributed by atoms with Crippen LogP contribution in [0.5, 0.6) is 0 Å². The number of nitriles is 1. The molecule has 0 bridgehead atoms. The number of nitrogens with zero attached hydrogens (tertiary/aromatic N) is 2. The second-order valence-corrected chi connectivity index (χ2v) is 4.53. The van der Waals surface area contributed by atoms with E-state index in [1.54, 1.807) is 6.07 Å². The van der Waals surface area contributed by atoms with Crippen LogP contribution in [0, 0.1) is 34.9 Å². The number of halogens is 1. The minimum Gasteiger partial charge on any atom is -0.320 e. The fraction of sp³-hybridized carbons (Fsp3) is 0.400. The molecule has 0 aliphatic heterocycles. The SMILES string of the molecule is CC(C#N)CN(C)Cc1ccc(F)cc1C#CCN. The largest absolute Gasteiger partial charge is 0.320 e. The van der Waals surface area contributed by atoms with Crippen molar-refractivity contribution in [2.45, 2.75) is 13.5 Å². The van der Waals surface area contributed by atoms with Gasteiger partial charge in [0.05, 0.1) is 18.5 Å². The Morgan fingerprint density at radius 2 is 2.21 bits per heavy atom. The van der Waals surface area contributed by atoms with E-state index in [1.165, 1.54) is 12.1 Å². The van der Waals surface area contributed by atoms with E-state index in [1.807, 2.05) is 18.9 Å².